The highest BCUT2D eigenvalue weighted by atomic mass is 35.5. The van der Waals surface area contributed by atoms with E-state index in [1.807, 2.05) is 45.0 Å². The lowest BCUT2D eigenvalue weighted by Gasteiger charge is -2.32. The molecule has 2 amide bonds. The molecule has 0 aliphatic heterocycles. The van der Waals surface area contributed by atoms with Crippen LogP contribution in [-0.2, 0) is 26.2 Å². The van der Waals surface area contributed by atoms with E-state index >= 15 is 0 Å². The summed E-state index contributed by atoms with van der Waals surface area (Å²) in [6.45, 7) is 7.60. The third-order valence-electron chi connectivity index (χ3n) is 5.38. The fraction of sp³-hybridized carbons (Fsp3) is 0.440. The van der Waals surface area contributed by atoms with Crippen LogP contribution in [-0.4, -0.2) is 57.6 Å². The van der Waals surface area contributed by atoms with Gasteiger partial charge in [0.2, 0.25) is 21.8 Å². The number of methoxy groups -OCH3 is 1. The molecule has 0 aliphatic carbocycles. The van der Waals surface area contributed by atoms with E-state index in [9.17, 15) is 18.0 Å². The molecule has 0 radical (unpaired) electrons. The van der Waals surface area contributed by atoms with Crippen LogP contribution in [0.15, 0.2) is 42.5 Å². The Balaban J connectivity index is 2.44. The number of aryl methyl sites for hydroxylation is 1. The number of carbonyl (C=O) groups excluding carboxylic acids is 2. The Kier molecular flexibility index (Phi) is 9.97. The predicted octanol–water partition coefficient (Wildman–Crippen LogP) is 3.61. The van der Waals surface area contributed by atoms with Gasteiger partial charge in [0.15, 0.2) is 0 Å². The number of hydrogen-bond acceptors (Lipinski definition) is 5. The van der Waals surface area contributed by atoms with E-state index in [1.54, 1.807) is 13.0 Å². The average molecular weight is 524 g/mol. The fourth-order valence-electron chi connectivity index (χ4n) is 3.50. The number of rotatable bonds is 11. The number of hydrogen-bond donors (Lipinski definition) is 1. The Hall–Kier alpha value is -2.78. The van der Waals surface area contributed by atoms with Crippen molar-refractivity contribution in [3.8, 4) is 5.75 Å². The van der Waals surface area contributed by atoms with E-state index in [2.05, 4.69) is 5.32 Å². The van der Waals surface area contributed by atoms with Crippen molar-refractivity contribution in [3.63, 3.8) is 0 Å². The molecule has 0 aliphatic rings. The van der Waals surface area contributed by atoms with Gasteiger partial charge in [-0.25, -0.2) is 8.42 Å². The number of benzene rings is 2. The molecule has 1 N–H and O–H groups in total. The Bertz CT molecular complexity index is 1150. The van der Waals surface area contributed by atoms with Crippen molar-refractivity contribution < 1.29 is 22.7 Å². The molecule has 0 fully saturated rings. The summed E-state index contributed by atoms with van der Waals surface area (Å²) in [7, 11) is -2.49. The zero-order valence-corrected chi connectivity index (χ0v) is 22.6. The summed E-state index contributed by atoms with van der Waals surface area (Å²) in [5, 5.41) is 3.14. The minimum atomic E-state index is -3.90. The molecule has 0 spiro atoms. The normalized spacial score (nSPS) is 12.2. The second-order valence-electron chi connectivity index (χ2n) is 8.91. The lowest BCUT2D eigenvalue weighted by atomic mass is 10.1. The lowest BCUT2D eigenvalue weighted by Crippen LogP contribution is -2.51. The van der Waals surface area contributed by atoms with Crippen molar-refractivity contribution in [3.05, 3.63) is 58.6 Å². The summed E-state index contributed by atoms with van der Waals surface area (Å²) in [5.74, 6) is -0.360. The highest BCUT2D eigenvalue weighted by Gasteiger charge is 2.31. The highest BCUT2D eigenvalue weighted by molar-refractivity contribution is 7.92. The van der Waals surface area contributed by atoms with Gasteiger partial charge in [-0.15, -0.1) is 0 Å². The Morgan fingerprint density at radius 1 is 1.11 bits per heavy atom. The van der Waals surface area contributed by atoms with Crippen LogP contribution in [0.3, 0.4) is 0 Å². The molecule has 0 bridgehead atoms. The Labute approximate surface area is 213 Å². The minimum absolute atomic E-state index is 0.140. The number of carbonyl (C=O) groups is 2. The summed E-state index contributed by atoms with van der Waals surface area (Å²) in [6, 6.07) is 11.3. The first kappa shape index (κ1) is 28.5. The maximum absolute atomic E-state index is 13.6. The molecule has 2 aromatic rings. The Morgan fingerprint density at radius 3 is 2.37 bits per heavy atom. The molecule has 10 heteroatoms. The van der Waals surface area contributed by atoms with Gasteiger partial charge < -0.3 is 15.0 Å². The highest BCUT2D eigenvalue weighted by Crippen LogP contribution is 2.33. The molecule has 0 unspecified atom stereocenters. The topological polar surface area (TPSA) is 96.0 Å². The van der Waals surface area contributed by atoms with E-state index in [0.717, 1.165) is 21.7 Å². The van der Waals surface area contributed by atoms with Crippen LogP contribution in [0.4, 0.5) is 5.69 Å². The van der Waals surface area contributed by atoms with Gasteiger partial charge in [-0.1, -0.05) is 55.3 Å². The van der Waals surface area contributed by atoms with Gasteiger partial charge in [0.05, 0.1) is 19.1 Å². The van der Waals surface area contributed by atoms with Crippen LogP contribution >= 0.6 is 11.6 Å². The fourth-order valence-corrected chi connectivity index (χ4v) is 4.51. The summed E-state index contributed by atoms with van der Waals surface area (Å²) in [6.07, 6.45) is 1.00. The van der Waals surface area contributed by atoms with Gasteiger partial charge >= 0.3 is 0 Å². The quantitative estimate of drug-likeness (QED) is 0.485. The molecule has 0 saturated carbocycles. The minimum Gasteiger partial charge on any atom is -0.495 e. The van der Waals surface area contributed by atoms with E-state index in [0.29, 0.717) is 11.6 Å². The van der Waals surface area contributed by atoms with Crippen LogP contribution in [0.25, 0.3) is 0 Å². The van der Waals surface area contributed by atoms with Gasteiger partial charge in [0.25, 0.3) is 0 Å². The molecule has 0 heterocycles. The SMILES string of the molecule is COc1ccc(Cl)cc1N(CC(=O)N(Cc1cccc(C)c1)[C@H](C)C(=O)NCC(C)C)S(C)(=O)=O. The monoisotopic (exact) mass is 523 g/mol. The summed E-state index contributed by atoms with van der Waals surface area (Å²) < 4.78 is 31.7. The van der Waals surface area contributed by atoms with Gasteiger partial charge in [0, 0.05) is 18.1 Å². The first-order chi connectivity index (χ1) is 16.3. The molecule has 2 aromatic carbocycles. The van der Waals surface area contributed by atoms with E-state index in [1.165, 1.54) is 24.1 Å². The molecular weight excluding hydrogens is 490 g/mol. The second-order valence-corrected chi connectivity index (χ2v) is 11.3. The van der Waals surface area contributed by atoms with E-state index in [-0.39, 0.29) is 29.8 Å². The van der Waals surface area contributed by atoms with Crippen LogP contribution in [0, 0.1) is 12.8 Å². The number of nitrogens with one attached hydrogen (secondary N) is 1. The maximum atomic E-state index is 13.6. The average Bonchev–Trinajstić information content (AvgIpc) is 2.78. The zero-order valence-electron chi connectivity index (χ0n) is 21.0. The Morgan fingerprint density at radius 2 is 1.80 bits per heavy atom. The molecule has 35 heavy (non-hydrogen) atoms. The zero-order chi connectivity index (χ0) is 26.3. The number of anilines is 1. The van der Waals surface area contributed by atoms with Crippen molar-refractivity contribution in [1.82, 2.24) is 10.2 Å². The summed E-state index contributed by atoms with van der Waals surface area (Å²) in [4.78, 5) is 27.9. The van der Waals surface area contributed by atoms with Crippen LogP contribution in [0.5, 0.6) is 5.75 Å². The first-order valence-electron chi connectivity index (χ1n) is 11.3. The molecule has 2 rings (SSSR count). The van der Waals surface area contributed by atoms with Gasteiger partial charge in [-0.2, -0.15) is 0 Å². The predicted molar refractivity (Wildman–Crippen MR) is 139 cm³/mol. The van der Waals surface area contributed by atoms with Crippen LogP contribution in [0.1, 0.15) is 31.9 Å². The van der Waals surface area contributed by atoms with Gasteiger partial charge in [0.1, 0.15) is 18.3 Å². The van der Waals surface area contributed by atoms with Crippen molar-refractivity contribution >= 4 is 39.1 Å². The smallest absolute Gasteiger partial charge is 0.244 e. The van der Waals surface area contributed by atoms with Gasteiger partial charge in [-0.3, -0.25) is 13.9 Å². The molecule has 0 saturated heterocycles. The standard InChI is InChI=1S/C25H34ClN3O5S/c1-17(2)14-27-25(31)19(4)28(15-20-9-7-8-18(3)12-20)24(30)16-29(35(6,32)33)22-13-21(26)10-11-23(22)34-5/h7-13,17,19H,14-16H2,1-6H3,(H,27,31)/t19-/m1/s1. The largest absolute Gasteiger partial charge is 0.495 e. The van der Waals surface area contributed by atoms with Crippen molar-refractivity contribution in [2.75, 3.05) is 30.8 Å². The van der Waals surface area contributed by atoms with Crippen molar-refractivity contribution in [1.29, 1.82) is 0 Å². The maximum Gasteiger partial charge on any atom is 0.244 e. The number of nitrogens with zero attached hydrogens (tertiary/aromatic N) is 2. The third-order valence-corrected chi connectivity index (χ3v) is 6.74. The third kappa shape index (κ3) is 8.14. The summed E-state index contributed by atoms with van der Waals surface area (Å²) >= 11 is 6.12. The second kappa shape index (κ2) is 12.3. The van der Waals surface area contributed by atoms with E-state index < -0.39 is 28.5 Å². The van der Waals surface area contributed by atoms with Crippen molar-refractivity contribution in [2.45, 2.75) is 40.3 Å². The number of halogens is 1. The lowest BCUT2D eigenvalue weighted by molar-refractivity contribution is -0.139. The van der Waals surface area contributed by atoms with Gasteiger partial charge in [-0.05, 0) is 43.5 Å². The van der Waals surface area contributed by atoms with Crippen molar-refractivity contribution in [2.24, 2.45) is 5.92 Å². The van der Waals surface area contributed by atoms with Crippen LogP contribution in [0.2, 0.25) is 5.02 Å². The summed E-state index contributed by atoms with van der Waals surface area (Å²) in [5.41, 5.74) is 1.98. The molecular formula is C25H34ClN3O5S. The molecule has 0 aromatic heterocycles. The number of ether oxygens (including phenoxy) is 1. The first-order valence-corrected chi connectivity index (χ1v) is 13.5. The number of amides is 2. The molecule has 1 atom stereocenters. The van der Waals surface area contributed by atoms with E-state index in [4.69, 9.17) is 16.3 Å². The molecule has 8 nitrogen and oxygen atoms in total. The number of sulfonamides is 1. The molecule has 192 valence electrons. The van der Waals surface area contributed by atoms with Crippen LogP contribution < -0.4 is 14.4 Å².